The lowest BCUT2D eigenvalue weighted by Gasteiger charge is -2.24. The molecule has 0 amide bonds. The van der Waals surface area contributed by atoms with Gasteiger partial charge in [-0.2, -0.15) is 0 Å². The summed E-state index contributed by atoms with van der Waals surface area (Å²) < 4.78 is 17.2. The van der Waals surface area contributed by atoms with E-state index in [1.807, 2.05) is 13.0 Å². The molecule has 0 unspecified atom stereocenters. The van der Waals surface area contributed by atoms with Gasteiger partial charge in [-0.25, -0.2) is 4.98 Å². The molecule has 0 N–H and O–H groups in total. The number of ether oxygens (including phenoxy) is 3. The van der Waals surface area contributed by atoms with Crippen LogP contribution in [-0.2, 0) is 15.3 Å². The molecular formula is C10H12BrNO3. The highest BCUT2D eigenvalue weighted by Gasteiger charge is 2.36. The standard InChI is InChI=1S/C10H12BrNO3/c1-10(14-3-4-15-10)8-5-7(11)6-12-9(8)13-2/h5-6H,3-4H2,1-2H3. The van der Waals surface area contributed by atoms with Gasteiger partial charge in [-0.15, -0.1) is 0 Å². The lowest BCUT2D eigenvalue weighted by atomic mass is 10.1. The van der Waals surface area contributed by atoms with E-state index in [1.54, 1.807) is 13.3 Å². The monoisotopic (exact) mass is 273 g/mol. The minimum atomic E-state index is -0.748. The summed E-state index contributed by atoms with van der Waals surface area (Å²) in [4.78, 5) is 4.16. The highest BCUT2D eigenvalue weighted by molar-refractivity contribution is 9.10. The van der Waals surface area contributed by atoms with Crippen LogP contribution in [0.1, 0.15) is 12.5 Å². The van der Waals surface area contributed by atoms with Crippen molar-refractivity contribution in [1.29, 1.82) is 0 Å². The van der Waals surface area contributed by atoms with E-state index < -0.39 is 5.79 Å². The van der Waals surface area contributed by atoms with Gasteiger partial charge in [0, 0.05) is 10.7 Å². The molecule has 0 aliphatic carbocycles. The smallest absolute Gasteiger partial charge is 0.221 e. The number of methoxy groups -OCH3 is 1. The van der Waals surface area contributed by atoms with E-state index in [0.29, 0.717) is 19.1 Å². The second kappa shape index (κ2) is 4.08. The van der Waals surface area contributed by atoms with Crippen molar-refractivity contribution in [2.75, 3.05) is 20.3 Å². The topological polar surface area (TPSA) is 40.6 Å². The molecule has 1 aliphatic rings. The van der Waals surface area contributed by atoms with Gasteiger partial charge >= 0.3 is 0 Å². The van der Waals surface area contributed by atoms with Gasteiger partial charge in [-0.1, -0.05) is 0 Å². The van der Waals surface area contributed by atoms with Gasteiger partial charge in [0.1, 0.15) is 0 Å². The molecule has 5 heteroatoms. The summed E-state index contributed by atoms with van der Waals surface area (Å²) in [5.74, 6) is -0.218. The van der Waals surface area contributed by atoms with Crippen molar-refractivity contribution >= 4 is 15.9 Å². The normalized spacial score (nSPS) is 19.1. The summed E-state index contributed by atoms with van der Waals surface area (Å²) in [5, 5.41) is 0. The second-order valence-electron chi connectivity index (χ2n) is 3.35. The predicted molar refractivity (Wildman–Crippen MR) is 57.7 cm³/mol. The fraction of sp³-hybridized carbons (Fsp3) is 0.500. The van der Waals surface area contributed by atoms with Crippen LogP contribution in [0.3, 0.4) is 0 Å². The molecule has 0 atom stereocenters. The lowest BCUT2D eigenvalue weighted by molar-refractivity contribution is -0.151. The van der Waals surface area contributed by atoms with Crippen molar-refractivity contribution in [1.82, 2.24) is 4.98 Å². The first-order valence-corrected chi connectivity index (χ1v) is 5.43. The Hall–Kier alpha value is -0.650. The molecule has 1 aromatic rings. The van der Waals surface area contributed by atoms with Crippen molar-refractivity contribution in [3.8, 4) is 5.88 Å². The van der Waals surface area contributed by atoms with Crippen LogP contribution in [0.15, 0.2) is 16.7 Å². The van der Waals surface area contributed by atoms with Crippen molar-refractivity contribution in [3.63, 3.8) is 0 Å². The molecule has 0 bridgehead atoms. The average molecular weight is 274 g/mol. The van der Waals surface area contributed by atoms with Crippen LogP contribution in [-0.4, -0.2) is 25.3 Å². The minimum absolute atomic E-state index is 0.530. The summed E-state index contributed by atoms with van der Waals surface area (Å²) in [5.41, 5.74) is 0.803. The third-order valence-corrected chi connectivity index (χ3v) is 2.77. The largest absolute Gasteiger partial charge is 0.481 e. The molecule has 2 heterocycles. The Bertz CT molecular complexity index is 364. The summed E-state index contributed by atoms with van der Waals surface area (Å²) >= 11 is 3.37. The number of nitrogens with zero attached hydrogens (tertiary/aromatic N) is 1. The van der Waals surface area contributed by atoms with Crippen LogP contribution in [0.2, 0.25) is 0 Å². The van der Waals surface area contributed by atoms with Gasteiger partial charge in [0.2, 0.25) is 5.88 Å². The van der Waals surface area contributed by atoms with E-state index in [0.717, 1.165) is 10.0 Å². The molecule has 2 rings (SSSR count). The molecule has 1 aromatic heterocycles. The maximum atomic E-state index is 5.56. The number of hydrogen-bond acceptors (Lipinski definition) is 4. The van der Waals surface area contributed by atoms with E-state index in [2.05, 4.69) is 20.9 Å². The van der Waals surface area contributed by atoms with Crippen LogP contribution < -0.4 is 4.74 Å². The van der Waals surface area contributed by atoms with E-state index in [1.165, 1.54) is 0 Å². The van der Waals surface area contributed by atoms with Crippen LogP contribution in [0, 0.1) is 0 Å². The van der Waals surface area contributed by atoms with Crippen LogP contribution in [0.5, 0.6) is 5.88 Å². The van der Waals surface area contributed by atoms with Gasteiger partial charge in [-0.05, 0) is 28.9 Å². The van der Waals surface area contributed by atoms with Crippen LogP contribution in [0.4, 0.5) is 0 Å². The first-order chi connectivity index (χ1) is 7.15. The Kier molecular flexibility index (Phi) is 2.95. The van der Waals surface area contributed by atoms with Crippen molar-refractivity contribution < 1.29 is 14.2 Å². The first kappa shape index (κ1) is 10.9. The number of pyridine rings is 1. The molecule has 15 heavy (non-hydrogen) atoms. The third kappa shape index (κ3) is 2.00. The highest BCUT2D eigenvalue weighted by atomic mass is 79.9. The number of halogens is 1. The first-order valence-electron chi connectivity index (χ1n) is 4.63. The third-order valence-electron chi connectivity index (χ3n) is 2.34. The summed E-state index contributed by atoms with van der Waals surface area (Å²) in [6, 6.07) is 1.90. The zero-order valence-electron chi connectivity index (χ0n) is 8.62. The molecular weight excluding hydrogens is 262 g/mol. The van der Waals surface area contributed by atoms with Gasteiger partial charge in [0.25, 0.3) is 0 Å². The molecule has 0 radical (unpaired) electrons. The van der Waals surface area contributed by atoms with Gasteiger partial charge in [0.05, 0.1) is 25.9 Å². The van der Waals surface area contributed by atoms with E-state index in [9.17, 15) is 0 Å². The average Bonchev–Trinajstić information content (AvgIpc) is 2.66. The second-order valence-corrected chi connectivity index (χ2v) is 4.27. The summed E-state index contributed by atoms with van der Waals surface area (Å²) in [6.07, 6.45) is 1.68. The SMILES string of the molecule is COc1ncc(Br)cc1C1(C)OCCO1. The highest BCUT2D eigenvalue weighted by Crippen LogP contribution is 2.36. The molecule has 82 valence electrons. The van der Waals surface area contributed by atoms with E-state index >= 15 is 0 Å². The maximum Gasteiger partial charge on any atom is 0.221 e. The number of hydrogen-bond donors (Lipinski definition) is 0. The number of aromatic nitrogens is 1. The Morgan fingerprint density at radius 2 is 2.13 bits per heavy atom. The van der Waals surface area contributed by atoms with E-state index in [-0.39, 0.29) is 0 Å². The molecule has 0 spiro atoms. The Labute approximate surface area is 96.7 Å². The quantitative estimate of drug-likeness (QED) is 0.827. The summed E-state index contributed by atoms with van der Waals surface area (Å²) in [6.45, 7) is 3.05. The fourth-order valence-electron chi connectivity index (χ4n) is 1.58. The fourth-order valence-corrected chi connectivity index (χ4v) is 1.92. The number of rotatable bonds is 2. The van der Waals surface area contributed by atoms with Crippen LogP contribution >= 0.6 is 15.9 Å². The molecule has 0 saturated carbocycles. The van der Waals surface area contributed by atoms with Crippen molar-refractivity contribution in [3.05, 3.63) is 22.3 Å². The Morgan fingerprint density at radius 3 is 2.73 bits per heavy atom. The van der Waals surface area contributed by atoms with Gasteiger partial charge in [-0.3, -0.25) is 0 Å². The molecule has 1 fully saturated rings. The lowest BCUT2D eigenvalue weighted by Crippen LogP contribution is -2.23. The van der Waals surface area contributed by atoms with Gasteiger partial charge in [0.15, 0.2) is 5.79 Å². The maximum absolute atomic E-state index is 5.56. The Balaban J connectivity index is 2.44. The molecule has 1 saturated heterocycles. The van der Waals surface area contributed by atoms with Crippen LogP contribution in [0.25, 0.3) is 0 Å². The van der Waals surface area contributed by atoms with E-state index in [4.69, 9.17) is 14.2 Å². The van der Waals surface area contributed by atoms with Gasteiger partial charge < -0.3 is 14.2 Å². The Morgan fingerprint density at radius 1 is 1.47 bits per heavy atom. The summed E-state index contributed by atoms with van der Waals surface area (Å²) in [7, 11) is 1.58. The molecule has 0 aromatic carbocycles. The predicted octanol–water partition coefficient (Wildman–Crippen LogP) is 2.07. The zero-order chi connectivity index (χ0) is 10.9. The van der Waals surface area contributed by atoms with Crippen molar-refractivity contribution in [2.24, 2.45) is 0 Å². The minimum Gasteiger partial charge on any atom is -0.481 e. The van der Waals surface area contributed by atoms with Crippen molar-refractivity contribution in [2.45, 2.75) is 12.7 Å². The molecule has 1 aliphatic heterocycles. The zero-order valence-corrected chi connectivity index (χ0v) is 10.2. The molecule has 4 nitrogen and oxygen atoms in total.